The molecule has 1 aromatic carbocycles. The standard InChI is InChI=1S/C14H16ClNO.ClH/c1-2-9-16-10-13-7-8-14(17-13)11-3-5-12(15)6-4-11;/h3-8,16H,2,9-10H2,1H3;1H. The van der Waals surface area contributed by atoms with E-state index in [4.69, 9.17) is 16.0 Å². The first-order valence-electron chi connectivity index (χ1n) is 5.85. The summed E-state index contributed by atoms with van der Waals surface area (Å²) in [4.78, 5) is 0. The zero-order valence-corrected chi connectivity index (χ0v) is 11.9. The SMILES string of the molecule is CCCNCc1ccc(-c2ccc(Cl)cc2)o1.Cl. The minimum Gasteiger partial charge on any atom is -0.460 e. The lowest BCUT2D eigenvalue weighted by atomic mass is 10.2. The van der Waals surface area contributed by atoms with Crippen molar-refractivity contribution in [2.45, 2.75) is 19.9 Å². The lowest BCUT2D eigenvalue weighted by Gasteiger charge is -2.00. The third kappa shape index (κ3) is 4.05. The van der Waals surface area contributed by atoms with Crippen molar-refractivity contribution in [2.75, 3.05) is 6.54 Å². The van der Waals surface area contributed by atoms with Crippen LogP contribution in [0.3, 0.4) is 0 Å². The molecule has 0 fully saturated rings. The van der Waals surface area contributed by atoms with Crippen LogP contribution >= 0.6 is 24.0 Å². The molecule has 0 saturated heterocycles. The highest BCUT2D eigenvalue weighted by molar-refractivity contribution is 6.30. The number of rotatable bonds is 5. The van der Waals surface area contributed by atoms with Crippen molar-refractivity contribution in [1.29, 1.82) is 0 Å². The molecule has 0 saturated carbocycles. The third-order valence-corrected chi connectivity index (χ3v) is 2.77. The molecule has 0 radical (unpaired) electrons. The summed E-state index contributed by atoms with van der Waals surface area (Å²) in [5.74, 6) is 1.85. The molecule has 2 rings (SSSR count). The Morgan fingerprint density at radius 1 is 1.11 bits per heavy atom. The van der Waals surface area contributed by atoms with Gasteiger partial charge in [-0.3, -0.25) is 0 Å². The van der Waals surface area contributed by atoms with Gasteiger partial charge in [0.25, 0.3) is 0 Å². The van der Waals surface area contributed by atoms with E-state index >= 15 is 0 Å². The van der Waals surface area contributed by atoms with Gasteiger partial charge in [-0.15, -0.1) is 12.4 Å². The molecule has 98 valence electrons. The summed E-state index contributed by atoms with van der Waals surface area (Å²) in [6, 6.07) is 11.7. The quantitative estimate of drug-likeness (QED) is 0.817. The molecule has 18 heavy (non-hydrogen) atoms. The van der Waals surface area contributed by atoms with Gasteiger partial charge in [-0.2, -0.15) is 0 Å². The summed E-state index contributed by atoms with van der Waals surface area (Å²) in [5.41, 5.74) is 1.05. The maximum atomic E-state index is 5.85. The van der Waals surface area contributed by atoms with Crippen LogP contribution in [0.2, 0.25) is 5.02 Å². The monoisotopic (exact) mass is 285 g/mol. The van der Waals surface area contributed by atoms with Gasteiger partial charge in [-0.05, 0) is 49.4 Å². The first-order valence-corrected chi connectivity index (χ1v) is 6.23. The third-order valence-electron chi connectivity index (χ3n) is 2.52. The summed E-state index contributed by atoms with van der Waals surface area (Å²) in [6.07, 6.45) is 1.13. The zero-order chi connectivity index (χ0) is 12.1. The average Bonchev–Trinajstić information content (AvgIpc) is 2.79. The Bertz CT molecular complexity index is 465. The van der Waals surface area contributed by atoms with Crippen LogP contribution in [-0.2, 0) is 6.54 Å². The molecule has 2 nitrogen and oxygen atoms in total. The maximum Gasteiger partial charge on any atom is 0.134 e. The number of hydrogen-bond acceptors (Lipinski definition) is 2. The van der Waals surface area contributed by atoms with Crippen molar-refractivity contribution in [1.82, 2.24) is 5.32 Å². The van der Waals surface area contributed by atoms with Crippen molar-refractivity contribution in [3.05, 3.63) is 47.2 Å². The van der Waals surface area contributed by atoms with Crippen LogP contribution in [0.5, 0.6) is 0 Å². The van der Waals surface area contributed by atoms with Crippen LogP contribution in [0, 0.1) is 0 Å². The van der Waals surface area contributed by atoms with E-state index in [0.29, 0.717) is 0 Å². The van der Waals surface area contributed by atoms with E-state index in [-0.39, 0.29) is 12.4 Å². The smallest absolute Gasteiger partial charge is 0.134 e. The van der Waals surface area contributed by atoms with Gasteiger partial charge in [-0.1, -0.05) is 18.5 Å². The molecular weight excluding hydrogens is 269 g/mol. The number of nitrogens with one attached hydrogen (secondary N) is 1. The number of hydrogen-bond donors (Lipinski definition) is 1. The van der Waals surface area contributed by atoms with Crippen molar-refractivity contribution < 1.29 is 4.42 Å². The molecule has 0 spiro atoms. The van der Waals surface area contributed by atoms with Crippen LogP contribution in [0.4, 0.5) is 0 Å². The Kier molecular flexibility index (Phi) is 6.27. The van der Waals surface area contributed by atoms with Crippen LogP contribution in [-0.4, -0.2) is 6.54 Å². The fourth-order valence-electron chi connectivity index (χ4n) is 1.63. The molecule has 2 aromatic rings. The van der Waals surface area contributed by atoms with Gasteiger partial charge in [-0.25, -0.2) is 0 Å². The summed E-state index contributed by atoms with van der Waals surface area (Å²) in [7, 11) is 0. The molecule has 0 atom stereocenters. The van der Waals surface area contributed by atoms with E-state index < -0.39 is 0 Å². The zero-order valence-electron chi connectivity index (χ0n) is 10.3. The Morgan fingerprint density at radius 3 is 2.50 bits per heavy atom. The van der Waals surface area contributed by atoms with Gasteiger partial charge in [0.1, 0.15) is 11.5 Å². The van der Waals surface area contributed by atoms with Crippen molar-refractivity contribution in [2.24, 2.45) is 0 Å². The van der Waals surface area contributed by atoms with Crippen molar-refractivity contribution >= 4 is 24.0 Å². The van der Waals surface area contributed by atoms with E-state index in [0.717, 1.165) is 41.6 Å². The molecule has 0 aliphatic rings. The summed E-state index contributed by atoms with van der Waals surface area (Å²) < 4.78 is 5.75. The molecule has 0 unspecified atom stereocenters. The first kappa shape index (κ1) is 15.1. The molecule has 0 aliphatic heterocycles. The molecule has 0 aliphatic carbocycles. The van der Waals surface area contributed by atoms with Gasteiger partial charge >= 0.3 is 0 Å². The summed E-state index contributed by atoms with van der Waals surface area (Å²) in [5, 5.41) is 4.05. The van der Waals surface area contributed by atoms with Crippen LogP contribution in [0.1, 0.15) is 19.1 Å². The van der Waals surface area contributed by atoms with Gasteiger partial charge in [0.2, 0.25) is 0 Å². The van der Waals surface area contributed by atoms with Crippen LogP contribution < -0.4 is 5.32 Å². The van der Waals surface area contributed by atoms with Crippen molar-refractivity contribution in [3.8, 4) is 11.3 Å². The summed E-state index contributed by atoms with van der Waals surface area (Å²) in [6.45, 7) is 3.94. The molecule has 1 aromatic heterocycles. The van der Waals surface area contributed by atoms with E-state index in [2.05, 4.69) is 12.2 Å². The molecule has 0 bridgehead atoms. The van der Waals surface area contributed by atoms with E-state index in [1.807, 2.05) is 36.4 Å². The maximum absolute atomic E-state index is 5.85. The normalized spacial score (nSPS) is 10.1. The fourth-order valence-corrected chi connectivity index (χ4v) is 1.76. The van der Waals surface area contributed by atoms with Gasteiger partial charge < -0.3 is 9.73 Å². The lowest BCUT2D eigenvalue weighted by Crippen LogP contribution is -2.12. The highest BCUT2D eigenvalue weighted by Gasteiger charge is 2.04. The van der Waals surface area contributed by atoms with E-state index in [9.17, 15) is 0 Å². The number of furan rings is 1. The second-order valence-corrected chi connectivity index (χ2v) is 4.39. The molecule has 4 heteroatoms. The minimum atomic E-state index is 0. The van der Waals surface area contributed by atoms with Gasteiger partial charge in [0.15, 0.2) is 0 Å². The Hall–Kier alpha value is -0.960. The van der Waals surface area contributed by atoms with Gasteiger partial charge in [0.05, 0.1) is 6.54 Å². The molecule has 1 heterocycles. The second-order valence-electron chi connectivity index (χ2n) is 3.95. The molecular formula is C14H17Cl2NO. The second kappa shape index (κ2) is 7.47. The fraction of sp³-hybridized carbons (Fsp3) is 0.286. The van der Waals surface area contributed by atoms with Crippen LogP contribution in [0.15, 0.2) is 40.8 Å². The van der Waals surface area contributed by atoms with E-state index in [1.165, 1.54) is 0 Å². The highest BCUT2D eigenvalue weighted by Crippen LogP contribution is 2.23. The Labute approximate surface area is 119 Å². The number of benzene rings is 1. The van der Waals surface area contributed by atoms with E-state index in [1.54, 1.807) is 0 Å². The lowest BCUT2D eigenvalue weighted by molar-refractivity contribution is 0.493. The topological polar surface area (TPSA) is 25.2 Å². The number of halogens is 2. The highest BCUT2D eigenvalue weighted by atomic mass is 35.5. The molecule has 0 amide bonds. The average molecular weight is 286 g/mol. The minimum absolute atomic E-state index is 0. The van der Waals surface area contributed by atoms with Crippen molar-refractivity contribution in [3.63, 3.8) is 0 Å². The molecule has 1 N–H and O–H groups in total. The predicted molar refractivity (Wildman–Crippen MR) is 78.4 cm³/mol. The van der Waals surface area contributed by atoms with Gasteiger partial charge in [0, 0.05) is 10.6 Å². The Balaban J connectivity index is 0.00000162. The summed E-state index contributed by atoms with van der Waals surface area (Å²) >= 11 is 5.85. The largest absolute Gasteiger partial charge is 0.460 e. The predicted octanol–water partition coefficient (Wildman–Crippen LogP) is 4.52. The first-order chi connectivity index (χ1) is 8.29. The Morgan fingerprint density at radius 2 is 1.83 bits per heavy atom. The van der Waals surface area contributed by atoms with Crippen LogP contribution in [0.25, 0.3) is 11.3 Å².